The lowest BCUT2D eigenvalue weighted by Crippen LogP contribution is -2.22. The lowest BCUT2D eigenvalue weighted by Gasteiger charge is -2.10. The molecule has 4 rings (SSSR count). The van der Waals surface area contributed by atoms with E-state index in [1.165, 1.54) is 30.1 Å². The van der Waals surface area contributed by atoms with Crippen LogP contribution < -0.4 is 10.5 Å². The quantitative estimate of drug-likeness (QED) is 0.241. The van der Waals surface area contributed by atoms with Gasteiger partial charge in [0.25, 0.3) is 5.91 Å². The number of amides is 1. The number of rotatable bonds is 8. The molecule has 0 bridgehead atoms. The Balaban J connectivity index is 1.46. The second kappa shape index (κ2) is 10.6. The summed E-state index contributed by atoms with van der Waals surface area (Å²) in [6.07, 6.45) is 1.43. The molecular weight excluding hydrogens is 450 g/mol. The van der Waals surface area contributed by atoms with E-state index in [1.54, 1.807) is 12.1 Å². The van der Waals surface area contributed by atoms with Crippen LogP contribution in [0.4, 0.5) is 0 Å². The van der Waals surface area contributed by atoms with Crippen molar-refractivity contribution in [3.05, 3.63) is 95.6 Å². The molecule has 0 aliphatic rings. The molecule has 1 amide bonds. The maximum Gasteiger partial charge on any atom is 0.250 e. The minimum Gasteiger partial charge on any atom is -0.545 e. The van der Waals surface area contributed by atoms with Crippen LogP contribution >= 0.6 is 11.8 Å². The molecule has 170 valence electrons. The van der Waals surface area contributed by atoms with Crippen molar-refractivity contribution >= 4 is 29.9 Å². The molecule has 1 heterocycles. The van der Waals surface area contributed by atoms with Crippen LogP contribution in [0.25, 0.3) is 17.1 Å². The first kappa shape index (κ1) is 22.9. The van der Waals surface area contributed by atoms with Gasteiger partial charge in [-0.25, -0.2) is 5.43 Å². The number of carbonyl (C=O) groups excluding carboxylic acids is 2. The number of hydrazone groups is 1. The number of nitrogens with one attached hydrogen (secondary N) is 1. The number of aromatic nitrogens is 3. The number of carboxylic acids is 1. The van der Waals surface area contributed by atoms with Crippen molar-refractivity contribution in [3.63, 3.8) is 0 Å². The fourth-order valence-corrected chi connectivity index (χ4v) is 3.85. The lowest BCUT2D eigenvalue weighted by molar-refractivity contribution is -0.255. The van der Waals surface area contributed by atoms with Crippen LogP contribution in [0.1, 0.15) is 21.5 Å². The predicted molar refractivity (Wildman–Crippen MR) is 129 cm³/mol. The molecule has 0 atom stereocenters. The third-order valence-electron chi connectivity index (χ3n) is 4.84. The molecule has 0 radical (unpaired) electrons. The van der Waals surface area contributed by atoms with Gasteiger partial charge in [-0.15, -0.1) is 10.2 Å². The van der Waals surface area contributed by atoms with Gasteiger partial charge in [0.2, 0.25) is 0 Å². The van der Waals surface area contributed by atoms with Gasteiger partial charge in [0.15, 0.2) is 11.0 Å². The van der Waals surface area contributed by atoms with Crippen molar-refractivity contribution in [2.24, 2.45) is 5.10 Å². The zero-order valence-corrected chi connectivity index (χ0v) is 19.0. The minimum absolute atomic E-state index is 0.0742. The summed E-state index contributed by atoms with van der Waals surface area (Å²) in [5, 5.41) is 24.0. The molecule has 1 N–H and O–H groups in total. The van der Waals surface area contributed by atoms with Crippen molar-refractivity contribution in [2.75, 3.05) is 5.75 Å². The van der Waals surface area contributed by atoms with Crippen LogP contribution in [0.2, 0.25) is 0 Å². The standard InChI is InChI=1S/C25H21N5O3S/c1-17-7-13-21(14-8-17)30-23(19-5-3-2-4-6-19)28-29-25(30)34-16-22(31)27-26-15-18-9-11-20(12-10-18)24(32)33/h2-15H,16H2,1H3,(H,27,31)(H,32,33)/p-1/b26-15-. The molecule has 8 nitrogen and oxygen atoms in total. The Labute approximate surface area is 200 Å². The number of carbonyl (C=O) groups is 2. The van der Waals surface area contributed by atoms with Crippen molar-refractivity contribution in [1.29, 1.82) is 0 Å². The third kappa shape index (κ3) is 5.57. The highest BCUT2D eigenvalue weighted by atomic mass is 32.2. The fraction of sp³-hybridized carbons (Fsp3) is 0.0800. The Morgan fingerprint density at radius 3 is 2.38 bits per heavy atom. The molecule has 3 aromatic carbocycles. The maximum atomic E-state index is 12.3. The summed E-state index contributed by atoms with van der Waals surface area (Å²) in [6.45, 7) is 2.02. The highest BCUT2D eigenvalue weighted by Gasteiger charge is 2.17. The monoisotopic (exact) mass is 470 g/mol. The molecule has 0 spiro atoms. The molecule has 0 unspecified atom stereocenters. The molecule has 0 aliphatic heterocycles. The minimum atomic E-state index is -1.25. The summed E-state index contributed by atoms with van der Waals surface area (Å²) < 4.78 is 1.93. The maximum absolute atomic E-state index is 12.3. The summed E-state index contributed by atoms with van der Waals surface area (Å²) in [6, 6.07) is 23.7. The van der Waals surface area contributed by atoms with E-state index in [4.69, 9.17) is 0 Å². The van der Waals surface area contributed by atoms with Gasteiger partial charge in [0, 0.05) is 11.3 Å². The van der Waals surface area contributed by atoms with E-state index in [0.29, 0.717) is 16.5 Å². The molecule has 0 aliphatic carbocycles. The van der Waals surface area contributed by atoms with E-state index in [2.05, 4.69) is 20.7 Å². The van der Waals surface area contributed by atoms with Crippen molar-refractivity contribution in [3.8, 4) is 17.1 Å². The van der Waals surface area contributed by atoms with Crippen LogP contribution in [0, 0.1) is 6.92 Å². The Kier molecular flexibility index (Phi) is 7.14. The average Bonchev–Trinajstić information content (AvgIpc) is 3.28. The first-order valence-electron chi connectivity index (χ1n) is 10.4. The van der Waals surface area contributed by atoms with E-state index in [0.717, 1.165) is 16.8 Å². The largest absolute Gasteiger partial charge is 0.545 e. The number of benzene rings is 3. The van der Waals surface area contributed by atoms with Crippen LogP contribution in [0.3, 0.4) is 0 Å². The molecule has 4 aromatic rings. The highest BCUT2D eigenvalue weighted by molar-refractivity contribution is 7.99. The topological polar surface area (TPSA) is 112 Å². The lowest BCUT2D eigenvalue weighted by atomic mass is 10.1. The Bertz CT molecular complexity index is 1320. The van der Waals surface area contributed by atoms with E-state index < -0.39 is 5.97 Å². The van der Waals surface area contributed by atoms with Gasteiger partial charge < -0.3 is 9.90 Å². The predicted octanol–water partition coefficient (Wildman–Crippen LogP) is 2.85. The molecule has 0 saturated carbocycles. The van der Waals surface area contributed by atoms with Gasteiger partial charge in [-0.3, -0.25) is 9.36 Å². The molecular formula is C25H20N5O3S-. The molecule has 0 saturated heterocycles. The summed E-state index contributed by atoms with van der Waals surface area (Å²) in [7, 11) is 0. The van der Waals surface area contributed by atoms with Crippen molar-refractivity contribution in [2.45, 2.75) is 12.1 Å². The van der Waals surface area contributed by atoms with Gasteiger partial charge in [0.1, 0.15) is 0 Å². The van der Waals surface area contributed by atoms with Gasteiger partial charge in [0.05, 0.1) is 17.9 Å². The van der Waals surface area contributed by atoms with Gasteiger partial charge in [-0.05, 0) is 30.2 Å². The molecule has 34 heavy (non-hydrogen) atoms. The highest BCUT2D eigenvalue weighted by Crippen LogP contribution is 2.28. The number of thioether (sulfide) groups is 1. The number of hydrogen-bond donors (Lipinski definition) is 1. The second-order valence-corrected chi connectivity index (χ2v) is 8.28. The Morgan fingerprint density at radius 2 is 1.71 bits per heavy atom. The van der Waals surface area contributed by atoms with E-state index in [1.807, 2.05) is 66.1 Å². The van der Waals surface area contributed by atoms with Crippen LogP contribution in [-0.2, 0) is 4.79 Å². The summed E-state index contributed by atoms with van der Waals surface area (Å²) >= 11 is 1.25. The van der Waals surface area contributed by atoms with E-state index in [-0.39, 0.29) is 17.2 Å². The van der Waals surface area contributed by atoms with Crippen LogP contribution in [-0.4, -0.2) is 38.6 Å². The Hall–Kier alpha value is -4.24. The van der Waals surface area contributed by atoms with E-state index >= 15 is 0 Å². The van der Waals surface area contributed by atoms with Crippen molar-refractivity contribution in [1.82, 2.24) is 20.2 Å². The van der Waals surface area contributed by atoms with Gasteiger partial charge >= 0.3 is 0 Å². The number of carboxylic acid groups (broad SMARTS) is 1. The van der Waals surface area contributed by atoms with Crippen LogP contribution in [0.5, 0.6) is 0 Å². The van der Waals surface area contributed by atoms with Crippen molar-refractivity contribution < 1.29 is 14.7 Å². The first-order chi connectivity index (χ1) is 16.5. The summed E-state index contributed by atoms with van der Waals surface area (Å²) in [4.78, 5) is 23.1. The SMILES string of the molecule is Cc1ccc(-n2c(SCC(=O)N/N=C\c3ccc(C(=O)[O-])cc3)nnc2-c2ccccc2)cc1. The van der Waals surface area contributed by atoms with Gasteiger partial charge in [-0.2, -0.15) is 5.10 Å². The van der Waals surface area contributed by atoms with E-state index in [9.17, 15) is 14.7 Å². The number of aromatic carboxylic acids is 1. The number of aryl methyl sites for hydroxylation is 1. The molecule has 1 aromatic heterocycles. The zero-order chi connectivity index (χ0) is 23.9. The van der Waals surface area contributed by atoms with Crippen LogP contribution in [0.15, 0.2) is 89.1 Å². The first-order valence-corrected chi connectivity index (χ1v) is 11.3. The summed E-state index contributed by atoms with van der Waals surface area (Å²) in [5.41, 5.74) is 6.14. The normalized spacial score (nSPS) is 11.0. The number of nitrogens with zero attached hydrogens (tertiary/aromatic N) is 4. The molecule has 9 heteroatoms. The number of hydrogen-bond acceptors (Lipinski definition) is 7. The summed E-state index contributed by atoms with van der Waals surface area (Å²) in [5.74, 6) is -0.792. The zero-order valence-electron chi connectivity index (χ0n) is 18.2. The average molecular weight is 471 g/mol. The second-order valence-electron chi connectivity index (χ2n) is 7.33. The Morgan fingerprint density at radius 1 is 1.00 bits per heavy atom. The van der Waals surface area contributed by atoms with Gasteiger partial charge in [-0.1, -0.05) is 84.1 Å². The molecule has 0 fully saturated rings. The fourth-order valence-electron chi connectivity index (χ4n) is 3.11. The smallest absolute Gasteiger partial charge is 0.250 e. The third-order valence-corrected chi connectivity index (χ3v) is 5.77.